The zero-order valence-electron chi connectivity index (χ0n) is 18.8. The topological polar surface area (TPSA) is 12.9 Å². The van der Waals surface area contributed by atoms with Gasteiger partial charge in [0.15, 0.2) is 0 Å². The SMILES string of the molecule is C=C1C=Cc2c(c3cc(Cc4ccccc4)c(CCP)nc3c3ccccc23)C/C=C\C=C/1. The second-order valence-electron chi connectivity index (χ2n) is 8.53. The number of nitrogens with zero attached hydrogens (tertiary/aromatic N) is 1. The Hall–Kier alpha value is -3.28. The van der Waals surface area contributed by atoms with Gasteiger partial charge in [-0.05, 0) is 64.7 Å². The summed E-state index contributed by atoms with van der Waals surface area (Å²) < 4.78 is 0. The number of aryl methyl sites for hydroxylation is 1. The largest absolute Gasteiger partial charge is 0.252 e. The summed E-state index contributed by atoms with van der Waals surface area (Å²) in [7, 11) is 2.86. The molecule has 2 heteroatoms. The summed E-state index contributed by atoms with van der Waals surface area (Å²) in [6.07, 6.45) is 16.6. The molecule has 162 valence electrons. The smallest absolute Gasteiger partial charge is 0.0787 e. The van der Waals surface area contributed by atoms with Crippen molar-refractivity contribution in [2.45, 2.75) is 19.3 Å². The molecule has 1 unspecified atom stereocenters. The molecule has 0 amide bonds. The van der Waals surface area contributed by atoms with E-state index in [2.05, 4.69) is 113 Å². The van der Waals surface area contributed by atoms with Crippen LogP contribution in [0.25, 0.3) is 27.8 Å². The van der Waals surface area contributed by atoms with E-state index in [-0.39, 0.29) is 0 Å². The predicted molar refractivity (Wildman–Crippen MR) is 147 cm³/mol. The Balaban J connectivity index is 1.82. The van der Waals surface area contributed by atoms with E-state index in [0.717, 1.165) is 36.5 Å². The lowest BCUT2D eigenvalue weighted by molar-refractivity contribution is 1.01. The normalized spacial score (nSPS) is 15.5. The minimum absolute atomic E-state index is 0.868. The van der Waals surface area contributed by atoms with Gasteiger partial charge in [-0.3, -0.25) is 4.98 Å². The summed E-state index contributed by atoms with van der Waals surface area (Å²) in [5, 5.41) is 3.73. The van der Waals surface area contributed by atoms with Gasteiger partial charge in [-0.15, -0.1) is 9.24 Å². The third kappa shape index (κ3) is 4.47. The van der Waals surface area contributed by atoms with Gasteiger partial charge in [0.25, 0.3) is 0 Å². The quantitative estimate of drug-likeness (QED) is 0.232. The van der Waals surface area contributed by atoms with Crippen LogP contribution < -0.4 is 0 Å². The Kier molecular flexibility index (Phi) is 6.33. The summed E-state index contributed by atoms with van der Waals surface area (Å²) in [6, 6.07) is 21.8. The van der Waals surface area contributed by atoms with Crippen molar-refractivity contribution in [3.63, 3.8) is 0 Å². The van der Waals surface area contributed by atoms with Gasteiger partial charge < -0.3 is 0 Å². The fraction of sp³-hybridized carbons (Fsp3) is 0.129. The second-order valence-corrected chi connectivity index (χ2v) is 9.11. The molecular formula is C31H28NP. The lowest BCUT2D eigenvalue weighted by Gasteiger charge is -2.18. The van der Waals surface area contributed by atoms with Crippen LogP contribution in [0.5, 0.6) is 0 Å². The molecule has 1 aliphatic carbocycles. The second kappa shape index (κ2) is 9.69. The molecule has 0 saturated heterocycles. The van der Waals surface area contributed by atoms with Crippen molar-refractivity contribution in [2.75, 3.05) is 6.16 Å². The Labute approximate surface area is 198 Å². The molecule has 0 saturated carbocycles. The van der Waals surface area contributed by atoms with Gasteiger partial charge >= 0.3 is 0 Å². The highest BCUT2D eigenvalue weighted by Gasteiger charge is 2.16. The van der Waals surface area contributed by atoms with Crippen LogP contribution in [0.3, 0.4) is 0 Å². The van der Waals surface area contributed by atoms with E-state index in [1.165, 1.54) is 44.1 Å². The third-order valence-electron chi connectivity index (χ3n) is 6.28. The van der Waals surface area contributed by atoms with E-state index in [1.807, 2.05) is 0 Å². The number of benzene rings is 3. The standard InChI is InChI=1S/C31H28NP/c1-22-10-4-2-7-13-26-27(17-16-22)25-14-8-9-15-28(25)31-29(26)21-24(30(32-31)18-19-33)20-23-11-5-3-6-12-23/h2-12,14-17,21H,1,13,18-20,33H2/b7-2-,10-4-,17-16?. The molecule has 1 aliphatic rings. The molecule has 0 radical (unpaired) electrons. The maximum Gasteiger partial charge on any atom is 0.0787 e. The van der Waals surface area contributed by atoms with Crippen molar-refractivity contribution < 1.29 is 0 Å². The highest BCUT2D eigenvalue weighted by atomic mass is 31.0. The van der Waals surface area contributed by atoms with Gasteiger partial charge in [0, 0.05) is 16.5 Å². The number of rotatable bonds is 4. The van der Waals surface area contributed by atoms with Gasteiger partial charge in [-0.25, -0.2) is 0 Å². The van der Waals surface area contributed by atoms with E-state index in [0.29, 0.717) is 0 Å². The highest BCUT2D eigenvalue weighted by Crippen LogP contribution is 2.35. The summed E-state index contributed by atoms with van der Waals surface area (Å²) >= 11 is 0. The Bertz CT molecular complexity index is 1420. The Morgan fingerprint density at radius 2 is 1.64 bits per heavy atom. The van der Waals surface area contributed by atoms with Crippen molar-refractivity contribution in [3.05, 3.63) is 131 Å². The van der Waals surface area contributed by atoms with E-state index < -0.39 is 0 Å². The highest BCUT2D eigenvalue weighted by molar-refractivity contribution is 7.16. The van der Waals surface area contributed by atoms with Gasteiger partial charge in [-0.2, -0.15) is 0 Å². The Morgan fingerprint density at radius 1 is 0.848 bits per heavy atom. The van der Waals surface area contributed by atoms with Crippen LogP contribution in [-0.4, -0.2) is 11.1 Å². The first-order valence-corrected chi connectivity index (χ1v) is 12.4. The zero-order valence-corrected chi connectivity index (χ0v) is 20.0. The molecule has 0 fully saturated rings. The minimum Gasteiger partial charge on any atom is -0.252 e. The van der Waals surface area contributed by atoms with Crippen molar-refractivity contribution in [3.8, 4) is 0 Å². The van der Waals surface area contributed by atoms with Crippen LogP contribution in [0, 0.1) is 0 Å². The lowest BCUT2D eigenvalue weighted by Crippen LogP contribution is -2.04. The number of allylic oxidation sites excluding steroid dienone is 6. The van der Waals surface area contributed by atoms with Crippen LogP contribution >= 0.6 is 9.24 Å². The van der Waals surface area contributed by atoms with Gasteiger partial charge in [-0.1, -0.05) is 97.6 Å². The first-order valence-electron chi connectivity index (χ1n) is 11.5. The van der Waals surface area contributed by atoms with E-state index in [4.69, 9.17) is 4.98 Å². The van der Waals surface area contributed by atoms with E-state index in [1.54, 1.807) is 0 Å². The maximum atomic E-state index is 5.32. The lowest BCUT2D eigenvalue weighted by atomic mass is 9.89. The van der Waals surface area contributed by atoms with Crippen LogP contribution in [0.4, 0.5) is 0 Å². The third-order valence-corrected chi connectivity index (χ3v) is 6.56. The number of fused-ring (bicyclic) bond motifs is 6. The zero-order chi connectivity index (χ0) is 22.6. The van der Waals surface area contributed by atoms with E-state index >= 15 is 0 Å². The molecule has 0 N–H and O–H groups in total. The molecule has 1 aromatic heterocycles. The van der Waals surface area contributed by atoms with Crippen LogP contribution in [-0.2, 0) is 19.3 Å². The average molecular weight is 446 g/mol. The Morgan fingerprint density at radius 3 is 2.45 bits per heavy atom. The molecule has 33 heavy (non-hydrogen) atoms. The van der Waals surface area contributed by atoms with Crippen molar-refractivity contribution >= 4 is 37.0 Å². The fourth-order valence-corrected chi connectivity index (χ4v) is 4.96. The summed E-state index contributed by atoms with van der Waals surface area (Å²) in [5.41, 5.74) is 8.56. The monoisotopic (exact) mass is 445 g/mol. The van der Waals surface area contributed by atoms with Crippen molar-refractivity contribution in [1.82, 2.24) is 4.98 Å². The van der Waals surface area contributed by atoms with Crippen molar-refractivity contribution in [2.24, 2.45) is 0 Å². The minimum atomic E-state index is 0.868. The summed E-state index contributed by atoms with van der Waals surface area (Å²) in [4.78, 5) is 5.32. The summed E-state index contributed by atoms with van der Waals surface area (Å²) in [5.74, 6) is 0. The molecule has 1 heterocycles. The first-order chi connectivity index (χ1) is 16.2. The molecule has 5 rings (SSSR count). The molecule has 0 spiro atoms. The molecule has 1 atom stereocenters. The van der Waals surface area contributed by atoms with Crippen LogP contribution in [0.15, 0.2) is 103 Å². The van der Waals surface area contributed by atoms with Crippen LogP contribution in [0.1, 0.15) is 27.9 Å². The predicted octanol–water partition coefficient (Wildman–Crippen LogP) is 7.63. The molecule has 4 aromatic rings. The number of hydrogen-bond acceptors (Lipinski definition) is 1. The van der Waals surface area contributed by atoms with Gasteiger partial charge in [0.05, 0.1) is 5.52 Å². The molecular weight excluding hydrogens is 417 g/mol. The van der Waals surface area contributed by atoms with Gasteiger partial charge in [0.2, 0.25) is 0 Å². The number of aromatic nitrogens is 1. The molecule has 3 aromatic carbocycles. The first kappa shape index (κ1) is 21.6. The van der Waals surface area contributed by atoms with Crippen LogP contribution in [0.2, 0.25) is 0 Å². The maximum absolute atomic E-state index is 5.32. The molecule has 1 nitrogen and oxygen atoms in total. The number of pyridine rings is 1. The van der Waals surface area contributed by atoms with Gasteiger partial charge in [0.1, 0.15) is 0 Å². The summed E-state index contributed by atoms with van der Waals surface area (Å²) in [6.45, 7) is 4.17. The van der Waals surface area contributed by atoms with Crippen molar-refractivity contribution in [1.29, 1.82) is 0 Å². The molecule has 0 bridgehead atoms. The average Bonchev–Trinajstić information content (AvgIpc) is 2.84. The van der Waals surface area contributed by atoms with E-state index in [9.17, 15) is 0 Å². The number of hydrogen-bond donors (Lipinski definition) is 0. The fourth-order valence-electron chi connectivity index (χ4n) is 4.68. The molecule has 0 aliphatic heterocycles.